The van der Waals surface area contributed by atoms with Crippen LogP contribution in [0.2, 0.25) is 0 Å². The van der Waals surface area contributed by atoms with Crippen molar-refractivity contribution in [3.63, 3.8) is 0 Å². The molecule has 0 radical (unpaired) electrons. The Morgan fingerprint density at radius 3 is 2.52 bits per heavy atom. The van der Waals surface area contributed by atoms with Gasteiger partial charge in [0.25, 0.3) is 0 Å². The maximum absolute atomic E-state index is 12.9. The number of fused-ring (bicyclic) bond motifs is 1. The van der Waals surface area contributed by atoms with E-state index in [0.29, 0.717) is 12.0 Å². The van der Waals surface area contributed by atoms with E-state index < -0.39 is 6.10 Å². The average molecular weight is 423 g/mol. The predicted octanol–water partition coefficient (Wildman–Crippen LogP) is 6.05. The first-order valence-corrected chi connectivity index (χ1v) is 10.5. The molecule has 5 nitrogen and oxygen atoms in total. The van der Waals surface area contributed by atoms with E-state index in [0.717, 1.165) is 29.7 Å². The summed E-state index contributed by atoms with van der Waals surface area (Å²) in [6.45, 7) is 6.17. The van der Waals surface area contributed by atoms with Gasteiger partial charge in [0.05, 0.1) is 13.5 Å². The minimum atomic E-state index is -0.479. The van der Waals surface area contributed by atoms with Crippen LogP contribution in [0.15, 0.2) is 53.6 Å². The lowest BCUT2D eigenvalue weighted by atomic mass is 9.92. The van der Waals surface area contributed by atoms with Crippen LogP contribution in [0.5, 0.6) is 23.0 Å². The van der Waals surface area contributed by atoms with Crippen molar-refractivity contribution >= 4 is 5.78 Å². The van der Waals surface area contributed by atoms with Crippen molar-refractivity contribution in [3.05, 3.63) is 70.3 Å². The topological polar surface area (TPSA) is 76.0 Å². The molecule has 0 aliphatic carbocycles. The quantitative estimate of drug-likeness (QED) is 0.531. The SMILES string of the molecule is COc1ccc([C@@H]2CC(=O)c3c(cc(O)c(CC=C(C)CCC=C(C)C)c3O)O2)cc1. The molecule has 0 aromatic heterocycles. The van der Waals surface area contributed by atoms with Gasteiger partial charge in [0.1, 0.15) is 34.7 Å². The molecule has 0 amide bonds. The Morgan fingerprint density at radius 2 is 1.87 bits per heavy atom. The van der Waals surface area contributed by atoms with Gasteiger partial charge < -0.3 is 19.7 Å². The number of aromatic hydroxyl groups is 2. The lowest BCUT2D eigenvalue weighted by Gasteiger charge is -2.27. The standard InChI is InChI=1S/C26H30O5/c1-16(2)6-5-7-17(3)8-13-20-21(27)14-24-25(26(20)29)22(28)15-23(31-24)18-9-11-19(30-4)12-10-18/h6,8-12,14,23,27,29H,5,7,13,15H2,1-4H3/t23-/m0/s1. The van der Waals surface area contributed by atoms with E-state index in [4.69, 9.17) is 9.47 Å². The fourth-order valence-electron chi connectivity index (χ4n) is 3.67. The van der Waals surface area contributed by atoms with Crippen molar-refractivity contribution in [2.24, 2.45) is 0 Å². The van der Waals surface area contributed by atoms with Gasteiger partial charge in [-0.2, -0.15) is 0 Å². The fraction of sp³-hybridized carbons (Fsp3) is 0.346. The van der Waals surface area contributed by atoms with Crippen molar-refractivity contribution in [3.8, 4) is 23.0 Å². The number of phenols is 2. The Bertz CT molecular complexity index is 1010. The molecular weight excluding hydrogens is 392 g/mol. The van der Waals surface area contributed by atoms with E-state index in [2.05, 4.69) is 19.9 Å². The summed E-state index contributed by atoms with van der Waals surface area (Å²) in [5.41, 5.74) is 3.77. The van der Waals surface area contributed by atoms with Gasteiger partial charge in [-0.25, -0.2) is 0 Å². The molecule has 0 unspecified atom stereocenters. The molecule has 1 aliphatic rings. The monoisotopic (exact) mass is 422 g/mol. The van der Waals surface area contributed by atoms with Crippen molar-refractivity contribution in [1.29, 1.82) is 0 Å². The van der Waals surface area contributed by atoms with E-state index in [1.54, 1.807) is 7.11 Å². The largest absolute Gasteiger partial charge is 0.507 e. The third kappa shape index (κ3) is 5.29. The molecule has 1 heterocycles. The number of hydrogen-bond donors (Lipinski definition) is 2. The number of methoxy groups -OCH3 is 1. The molecular formula is C26H30O5. The van der Waals surface area contributed by atoms with Crippen LogP contribution in [0, 0.1) is 0 Å². The van der Waals surface area contributed by atoms with Gasteiger partial charge in [-0.1, -0.05) is 35.4 Å². The van der Waals surface area contributed by atoms with Crippen molar-refractivity contribution in [2.75, 3.05) is 7.11 Å². The molecule has 0 saturated carbocycles. The van der Waals surface area contributed by atoms with Gasteiger partial charge in [0.15, 0.2) is 5.78 Å². The second-order valence-corrected chi connectivity index (χ2v) is 8.18. The third-order valence-electron chi connectivity index (χ3n) is 5.50. The summed E-state index contributed by atoms with van der Waals surface area (Å²) in [5, 5.41) is 21.3. The number of ketones is 1. The van der Waals surface area contributed by atoms with Gasteiger partial charge in [-0.05, 0) is 57.7 Å². The van der Waals surface area contributed by atoms with E-state index in [1.165, 1.54) is 11.6 Å². The van der Waals surface area contributed by atoms with Crippen LogP contribution >= 0.6 is 0 Å². The first-order chi connectivity index (χ1) is 14.8. The van der Waals surface area contributed by atoms with Gasteiger partial charge >= 0.3 is 0 Å². The van der Waals surface area contributed by atoms with Crippen LogP contribution in [-0.2, 0) is 6.42 Å². The molecule has 2 aromatic rings. The predicted molar refractivity (Wildman–Crippen MR) is 121 cm³/mol. The summed E-state index contributed by atoms with van der Waals surface area (Å²) >= 11 is 0. The molecule has 0 saturated heterocycles. The normalized spacial score (nSPS) is 15.8. The maximum atomic E-state index is 12.9. The van der Waals surface area contributed by atoms with E-state index in [9.17, 15) is 15.0 Å². The summed E-state index contributed by atoms with van der Waals surface area (Å²) in [4.78, 5) is 12.9. The maximum Gasteiger partial charge on any atom is 0.174 e. The first kappa shape index (κ1) is 22.5. The van der Waals surface area contributed by atoms with E-state index in [-0.39, 0.29) is 35.0 Å². The molecule has 3 rings (SSSR count). The molecule has 1 atom stereocenters. The van der Waals surface area contributed by atoms with Gasteiger partial charge in [-0.15, -0.1) is 0 Å². The number of allylic oxidation sites excluding steroid dienone is 4. The van der Waals surface area contributed by atoms with Gasteiger partial charge in [0, 0.05) is 11.6 Å². The summed E-state index contributed by atoms with van der Waals surface area (Å²) in [6, 6.07) is 8.74. The lowest BCUT2D eigenvalue weighted by molar-refractivity contribution is 0.0844. The second-order valence-electron chi connectivity index (χ2n) is 8.18. The highest BCUT2D eigenvalue weighted by Crippen LogP contribution is 2.44. The van der Waals surface area contributed by atoms with Gasteiger partial charge in [0.2, 0.25) is 0 Å². The van der Waals surface area contributed by atoms with Crippen molar-refractivity contribution in [2.45, 2.75) is 52.6 Å². The molecule has 1 aliphatic heterocycles. The molecule has 5 heteroatoms. The van der Waals surface area contributed by atoms with Crippen LogP contribution in [0.25, 0.3) is 0 Å². The Kier molecular flexibility index (Phi) is 7.06. The zero-order chi connectivity index (χ0) is 22.5. The number of carbonyl (C=O) groups excluding carboxylic acids is 1. The van der Waals surface area contributed by atoms with Crippen LogP contribution in [-0.4, -0.2) is 23.1 Å². The fourth-order valence-corrected chi connectivity index (χ4v) is 3.67. The summed E-state index contributed by atoms with van der Waals surface area (Å²) in [6.07, 6.45) is 6.01. The Balaban J connectivity index is 1.81. The van der Waals surface area contributed by atoms with Crippen LogP contribution < -0.4 is 9.47 Å². The molecule has 0 bridgehead atoms. The van der Waals surface area contributed by atoms with Crippen LogP contribution in [0.3, 0.4) is 0 Å². The smallest absolute Gasteiger partial charge is 0.174 e. The van der Waals surface area contributed by atoms with E-state index in [1.807, 2.05) is 37.3 Å². The number of Topliss-reactive ketones (excluding diaryl/α,β-unsaturated/α-hetero) is 1. The average Bonchev–Trinajstić information content (AvgIpc) is 2.72. The molecule has 0 fully saturated rings. The number of benzene rings is 2. The molecule has 31 heavy (non-hydrogen) atoms. The molecule has 164 valence electrons. The third-order valence-corrected chi connectivity index (χ3v) is 5.50. The van der Waals surface area contributed by atoms with Crippen molar-refractivity contribution < 1.29 is 24.5 Å². The number of ether oxygens (including phenoxy) is 2. The highest BCUT2D eigenvalue weighted by Gasteiger charge is 2.32. The zero-order valence-corrected chi connectivity index (χ0v) is 18.6. The highest BCUT2D eigenvalue weighted by molar-refractivity contribution is 6.03. The van der Waals surface area contributed by atoms with Crippen molar-refractivity contribution in [1.82, 2.24) is 0 Å². The first-order valence-electron chi connectivity index (χ1n) is 10.5. The summed E-state index contributed by atoms with van der Waals surface area (Å²) in [7, 11) is 1.59. The zero-order valence-electron chi connectivity index (χ0n) is 18.6. The van der Waals surface area contributed by atoms with Crippen LogP contribution in [0.1, 0.15) is 67.6 Å². The number of phenolic OH excluding ortho intramolecular Hbond substituents is 2. The molecule has 2 aromatic carbocycles. The van der Waals surface area contributed by atoms with Crippen LogP contribution in [0.4, 0.5) is 0 Å². The molecule has 2 N–H and O–H groups in total. The Hall–Kier alpha value is -3.21. The highest BCUT2D eigenvalue weighted by atomic mass is 16.5. The van der Waals surface area contributed by atoms with E-state index >= 15 is 0 Å². The number of hydrogen-bond acceptors (Lipinski definition) is 5. The Labute approximate surface area is 183 Å². The molecule has 0 spiro atoms. The number of carbonyl (C=O) groups is 1. The summed E-state index contributed by atoms with van der Waals surface area (Å²) in [5.74, 6) is 0.454. The minimum absolute atomic E-state index is 0.0761. The lowest BCUT2D eigenvalue weighted by Crippen LogP contribution is -2.21. The number of rotatable bonds is 7. The van der Waals surface area contributed by atoms with Gasteiger partial charge in [-0.3, -0.25) is 4.79 Å². The Morgan fingerprint density at radius 1 is 1.16 bits per heavy atom. The summed E-state index contributed by atoms with van der Waals surface area (Å²) < 4.78 is 11.1. The minimum Gasteiger partial charge on any atom is -0.507 e. The second kappa shape index (κ2) is 9.73.